The first-order valence-electron chi connectivity index (χ1n) is 6.08. The number of aliphatic hydroxyl groups is 5. The maximum absolute atomic E-state index is 13.8. The third-order valence-corrected chi connectivity index (χ3v) is 3.20. The van der Waals surface area contributed by atoms with E-state index in [-0.39, 0.29) is 0 Å². The standard InChI is InChI=1S/C11H20FNO7/c1-4(15)13-6-8(18)10(12)11(2,19)20-9(6)7(17)5(16)3-14/h5-10,14,16-19H,3H2,1-2H3,(H,13,15)/t5-,6-,7-,8-,9-,10?,11-/m1/s1. The number of hydrogen-bond donors (Lipinski definition) is 6. The minimum atomic E-state index is -2.41. The van der Waals surface area contributed by atoms with Crippen LogP contribution in [0.4, 0.5) is 4.39 Å². The van der Waals surface area contributed by atoms with E-state index < -0.39 is 54.9 Å². The molecule has 0 aliphatic carbocycles. The quantitative estimate of drug-likeness (QED) is 0.325. The van der Waals surface area contributed by atoms with E-state index in [9.17, 15) is 29.6 Å². The molecule has 1 aliphatic rings. The molecule has 118 valence electrons. The number of rotatable bonds is 4. The second kappa shape index (κ2) is 6.29. The summed E-state index contributed by atoms with van der Waals surface area (Å²) >= 11 is 0. The van der Waals surface area contributed by atoms with Crippen molar-refractivity contribution in [3.63, 3.8) is 0 Å². The molecule has 0 aromatic rings. The zero-order chi connectivity index (χ0) is 15.7. The predicted octanol–water partition coefficient (Wildman–Crippen LogP) is -2.99. The van der Waals surface area contributed by atoms with Crippen molar-refractivity contribution in [2.24, 2.45) is 0 Å². The minimum Gasteiger partial charge on any atom is -0.394 e. The average Bonchev–Trinajstić information content (AvgIpc) is 2.37. The average molecular weight is 297 g/mol. The molecule has 1 fully saturated rings. The minimum absolute atomic E-state index is 0.623. The van der Waals surface area contributed by atoms with Gasteiger partial charge in [-0.05, 0) is 6.92 Å². The molecule has 0 saturated carbocycles. The van der Waals surface area contributed by atoms with Crippen molar-refractivity contribution < 1.29 is 39.5 Å². The highest BCUT2D eigenvalue weighted by Crippen LogP contribution is 2.32. The molecule has 1 saturated heterocycles. The monoisotopic (exact) mass is 297 g/mol. The third kappa shape index (κ3) is 3.43. The van der Waals surface area contributed by atoms with E-state index in [1.807, 2.05) is 0 Å². The maximum atomic E-state index is 13.8. The lowest BCUT2D eigenvalue weighted by Crippen LogP contribution is -2.69. The van der Waals surface area contributed by atoms with Crippen LogP contribution in [0.3, 0.4) is 0 Å². The lowest BCUT2D eigenvalue weighted by atomic mass is 9.88. The molecule has 0 radical (unpaired) electrons. The summed E-state index contributed by atoms with van der Waals surface area (Å²) in [5.74, 6) is -3.03. The summed E-state index contributed by atoms with van der Waals surface area (Å²) in [5, 5.41) is 49.8. The second-order valence-electron chi connectivity index (χ2n) is 5.00. The van der Waals surface area contributed by atoms with Crippen molar-refractivity contribution in [3.8, 4) is 0 Å². The fourth-order valence-corrected chi connectivity index (χ4v) is 2.12. The Kier molecular flexibility index (Phi) is 5.41. The molecule has 1 heterocycles. The zero-order valence-corrected chi connectivity index (χ0v) is 11.1. The second-order valence-corrected chi connectivity index (χ2v) is 5.00. The molecule has 0 aromatic heterocycles. The van der Waals surface area contributed by atoms with Gasteiger partial charge in [0, 0.05) is 6.92 Å². The summed E-state index contributed by atoms with van der Waals surface area (Å²) in [7, 11) is 0. The van der Waals surface area contributed by atoms with Crippen LogP contribution >= 0.6 is 0 Å². The zero-order valence-electron chi connectivity index (χ0n) is 11.1. The number of amides is 1. The summed E-state index contributed by atoms with van der Waals surface area (Å²) in [4.78, 5) is 11.1. The number of halogens is 1. The summed E-state index contributed by atoms with van der Waals surface area (Å²) in [6.45, 7) is 1.24. The van der Waals surface area contributed by atoms with Gasteiger partial charge in [0.25, 0.3) is 0 Å². The van der Waals surface area contributed by atoms with Crippen molar-refractivity contribution in [1.29, 1.82) is 0 Å². The van der Waals surface area contributed by atoms with E-state index in [2.05, 4.69) is 5.32 Å². The van der Waals surface area contributed by atoms with Crippen molar-refractivity contribution >= 4 is 5.91 Å². The van der Waals surface area contributed by atoms with E-state index in [0.717, 1.165) is 13.8 Å². The highest BCUT2D eigenvalue weighted by molar-refractivity contribution is 5.73. The Morgan fingerprint density at radius 3 is 2.50 bits per heavy atom. The van der Waals surface area contributed by atoms with Crippen LogP contribution in [-0.2, 0) is 9.53 Å². The molecule has 1 unspecified atom stereocenters. The molecule has 1 rings (SSSR count). The molecular weight excluding hydrogens is 277 g/mol. The molecule has 0 spiro atoms. The third-order valence-electron chi connectivity index (χ3n) is 3.20. The normalized spacial score (nSPS) is 41.0. The number of nitrogens with one attached hydrogen (secondary N) is 1. The fraction of sp³-hybridized carbons (Fsp3) is 0.909. The number of hydrogen-bond acceptors (Lipinski definition) is 7. The van der Waals surface area contributed by atoms with Gasteiger partial charge in [0.1, 0.15) is 24.4 Å². The molecule has 8 nitrogen and oxygen atoms in total. The molecule has 0 bridgehead atoms. The number of ether oxygens (including phenoxy) is 1. The van der Waals surface area contributed by atoms with Crippen molar-refractivity contribution in [2.45, 2.75) is 56.3 Å². The lowest BCUT2D eigenvalue weighted by molar-refractivity contribution is -0.321. The van der Waals surface area contributed by atoms with Crippen LogP contribution in [0.2, 0.25) is 0 Å². The van der Waals surface area contributed by atoms with Crippen molar-refractivity contribution in [2.75, 3.05) is 6.61 Å². The van der Waals surface area contributed by atoms with E-state index in [4.69, 9.17) is 9.84 Å². The Morgan fingerprint density at radius 1 is 1.50 bits per heavy atom. The van der Waals surface area contributed by atoms with Gasteiger partial charge >= 0.3 is 0 Å². The Balaban J connectivity index is 3.04. The molecule has 9 heteroatoms. The molecule has 0 aromatic carbocycles. The van der Waals surface area contributed by atoms with Gasteiger partial charge in [0.15, 0.2) is 12.0 Å². The first kappa shape index (κ1) is 17.2. The van der Waals surface area contributed by atoms with Gasteiger partial charge in [0.05, 0.1) is 12.6 Å². The van der Waals surface area contributed by atoms with E-state index >= 15 is 0 Å². The van der Waals surface area contributed by atoms with E-state index in [1.54, 1.807) is 0 Å². The lowest BCUT2D eigenvalue weighted by Gasteiger charge is -2.47. The topological polar surface area (TPSA) is 139 Å². The van der Waals surface area contributed by atoms with E-state index in [0.29, 0.717) is 0 Å². The Morgan fingerprint density at radius 2 is 2.05 bits per heavy atom. The van der Waals surface area contributed by atoms with Gasteiger partial charge in [-0.3, -0.25) is 4.79 Å². The van der Waals surface area contributed by atoms with Crippen LogP contribution < -0.4 is 5.32 Å². The fourth-order valence-electron chi connectivity index (χ4n) is 2.12. The van der Waals surface area contributed by atoms with Crippen LogP contribution in [0.15, 0.2) is 0 Å². The van der Waals surface area contributed by atoms with Gasteiger partial charge in [-0.1, -0.05) is 0 Å². The summed E-state index contributed by atoms with van der Waals surface area (Å²) in [6.07, 6.45) is -8.97. The first-order valence-corrected chi connectivity index (χ1v) is 6.08. The van der Waals surface area contributed by atoms with Crippen molar-refractivity contribution in [3.05, 3.63) is 0 Å². The van der Waals surface area contributed by atoms with Crippen LogP contribution in [-0.4, -0.2) is 80.5 Å². The number of carbonyl (C=O) groups excluding carboxylic acids is 1. The Hall–Kier alpha value is -0.840. The van der Waals surface area contributed by atoms with Gasteiger partial charge in [-0.15, -0.1) is 0 Å². The Labute approximate surface area is 114 Å². The summed E-state index contributed by atoms with van der Waals surface area (Å²) < 4.78 is 18.7. The molecular formula is C11H20FNO7. The van der Waals surface area contributed by atoms with Crippen LogP contribution in [0.25, 0.3) is 0 Å². The summed E-state index contributed by atoms with van der Waals surface area (Å²) in [5.41, 5.74) is 0. The van der Waals surface area contributed by atoms with Crippen LogP contribution in [0.5, 0.6) is 0 Å². The molecule has 20 heavy (non-hydrogen) atoms. The molecule has 6 N–H and O–H groups in total. The SMILES string of the molecule is CC(=O)N[C@H]1[C@H]([C@H](O)[C@H](O)CO)O[C@@](C)(O)C(F)[C@@H]1O. The molecule has 1 aliphatic heterocycles. The number of aliphatic hydroxyl groups excluding tert-OH is 4. The predicted molar refractivity (Wildman–Crippen MR) is 63.1 cm³/mol. The first-order chi connectivity index (χ1) is 9.11. The molecule has 1 amide bonds. The highest BCUT2D eigenvalue weighted by Gasteiger charge is 2.54. The number of alkyl halides is 1. The smallest absolute Gasteiger partial charge is 0.217 e. The Bertz CT molecular complexity index is 354. The number of carbonyl (C=O) groups is 1. The van der Waals surface area contributed by atoms with Gasteiger partial charge < -0.3 is 35.6 Å². The van der Waals surface area contributed by atoms with Crippen LogP contribution in [0, 0.1) is 0 Å². The summed E-state index contributed by atoms with van der Waals surface area (Å²) in [6, 6.07) is -1.39. The van der Waals surface area contributed by atoms with Gasteiger partial charge in [-0.2, -0.15) is 0 Å². The van der Waals surface area contributed by atoms with E-state index in [1.165, 1.54) is 0 Å². The van der Waals surface area contributed by atoms with Crippen molar-refractivity contribution in [1.82, 2.24) is 5.32 Å². The largest absolute Gasteiger partial charge is 0.394 e. The molecule has 7 atom stereocenters. The highest BCUT2D eigenvalue weighted by atomic mass is 19.1. The maximum Gasteiger partial charge on any atom is 0.217 e. The van der Waals surface area contributed by atoms with Gasteiger partial charge in [0.2, 0.25) is 5.91 Å². The van der Waals surface area contributed by atoms with Gasteiger partial charge in [-0.25, -0.2) is 4.39 Å². The van der Waals surface area contributed by atoms with Crippen LogP contribution in [0.1, 0.15) is 13.8 Å².